The van der Waals surface area contributed by atoms with Crippen LogP contribution in [0.25, 0.3) is 0 Å². The number of para-hydroxylation sites is 1. The van der Waals surface area contributed by atoms with Crippen molar-refractivity contribution in [3.05, 3.63) is 47.8 Å². The van der Waals surface area contributed by atoms with Gasteiger partial charge in [0.2, 0.25) is 5.95 Å². The number of nitrogens with zero attached hydrogens (tertiary/aromatic N) is 3. The van der Waals surface area contributed by atoms with Gasteiger partial charge in [0.15, 0.2) is 0 Å². The maximum atomic E-state index is 12.3. The number of amides is 1. The van der Waals surface area contributed by atoms with Gasteiger partial charge in [-0.05, 0) is 31.5 Å². The number of carbonyl (C=O) groups is 1. The number of hydrogen-bond acceptors (Lipinski definition) is 5. The average Bonchev–Trinajstić information content (AvgIpc) is 2.55. The normalized spacial score (nSPS) is 11.3. The Labute approximate surface area is 129 Å². The first-order valence-electron chi connectivity index (χ1n) is 7.04. The predicted molar refractivity (Wildman–Crippen MR) is 84.5 cm³/mol. The molecule has 0 spiro atoms. The largest absolute Gasteiger partial charge is 0.352 e. The van der Waals surface area contributed by atoms with Crippen molar-refractivity contribution in [3.63, 3.8) is 0 Å². The van der Waals surface area contributed by atoms with Crippen LogP contribution in [0.2, 0.25) is 0 Å². The average molecular weight is 295 g/mol. The molecule has 2 rings (SSSR count). The summed E-state index contributed by atoms with van der Waals surface area (Å²) in [4.78, 5) is 20.5. The third-order valence-corrected chi connectivity index (χ3v) is 3.17. The van der Waals surface area contributed by atoms with Crippen LogP contribution in [-0.4, -0.2) is 21.9 Å². The lowest BCUT2D eigenvalue weighted by Crippen LogP contribution is -2.19. The molecule has 0 aliphatic rings. The van der Waals surface area contributed by atoms with E-state index in [0.717, 1.165) is 6.42 Å². The molecule has 6 nitrogen and oxygen atoms in total. The summed E-state index contributed by atoms with van der Waals surface area (Å²) in [6.45, 7) is 4.06. The highest BCUT2D eigenvalue weighted by molar-refractivity contribution is 6.03. The monoisotopic (exact) mass is 295 g/mol. The molecule has 6 heteroatoms. The molecule has 2 aromatic rings. The maximum Gasteiger partial charge on any atom is 0.274 e. The molecule has 22 heavy (non-hydrogen) atoms. The molecular formula is C16H17N5O. The quantitative estimate of drug-likeness (QED) is 0.885. The zero-order valence-corrected chi connectivity index (χ0v) is 12.5. The second-order valence-electron chi connectivity index (χ2n) is 4.83. The van der Waals surface area contributed by atoms with Crippen LogP contribution in [0.3, 0.4) is 0 Å². The Morgan fingerprint density at radius 1 is 1.36 bits per heavy atom. The third kappa shape index (κ3) is 3.79. The van der Waals surface area contributed by atoms with Crippen LogP contribution >= 0.6 is 0 Å². The molecule has 0 radical (unpaired) electrons. The minimum absolute atomic E-state index is 0.220. The molecule has 1 atom stereocenters. The van der Waals surface area contributed by atoms with Crippen LogP contribution in [0, 0.1) is 11.3 Å². The highest BCUT2D eigenvalue weighted by Gasteiger charge is 2.12. The fourth-order valence-corrected chi connectivity index (χ4v) is 1.75. The second kappa shape index (κ2) is 7.18. The number of aromatic nitrogens is 2. The minimum Gasteiger partial charge on any atom is -0.352 e. The van der Waals surface area contributed by atoms with Crippen LogP contribution in [0.4, 0.5) is 11.6 Å². The highest BCUT2D eigenvalue weighted by atomic mass is 16.1. The first-order valence-corrected chi connectivity index (χ1v) is 7.04. The number of nitriles is 1. The Hall–Kier alpha value is -2.94. The van der Waals surface area contributed by atoms with E-state index in [1.807, 2.05) is 19.9 Å². The Morgan fingerprint density at radius 3 is 2.86 bits per heavy atom. The lowest BCUT2D eigenvalue weighted by molar-refractivity contribution is 0.102. The lowest BCUT2D eigenvalue weighted by Gasteiger charge is -2.12. The molecule has 1 aromatic heterocycles. The van der Waals surface area contributed by atoms with Crippen molar-refractivity contribution in [2.45, 2.75) is 26.3 Å². The van der Waals surface area contributed by atoms with Gasteiger partial charge in [0, 0.05) is 12.2 Å². The molecule has 112 valence electrons. The van der Waals surface area contributed by atoms with Crippen molar-refractivity contribution < 1.29 is 4.79 Å². The van der Waals surface area contributed by atoms with E-state index in [2.05, 4.69) is 20.6 Å². The molecule has 1 amide bonds. The van der Waals surface area contributed by atoms with Crippen molar-refractivity contribution in [2.24, 2.45) is 0 Å². The summed E-state index contributed by atoms with van der Waals surface area (Å²) < 4.78 is 0. The molecule has 0 saturated heterocycles. The van der Waals surface area contributed by atoms with Crippen LogP contribution in [0.5, 0.6) is 0 Å². The van der Waals surface area contributed by atoms with E-state index >= 15 is 0 Å². The third-order valence-electron chi connectivity index (χ3n) is 3.17. The van der Waals surface area contributed by atoms with Crippen LogP contribution in [0.15, 0.2) is 36.5 Å². The van der Waals surface area contributed by atoms with E-state index < -0.39 is 0 Å². The fourth-order valence-electron chi connectivity index (χ4n) is 1.75. The number of hydrogen-bond donors (Lipinski definition) is 2. The van der Waals surface area contributed by atoms with E-state index in [4.69, 9.17) is 5.26 Å². The number of benzene rings is 1. The van der Waals surface area contributed by atoms with Gasteiger partial charge in [-0.15, -0.1) is 0 Å². The number of nitrogens with one attached hydrogen (secondary N) is 2. The van der Waals surface area contributed by atoms with Crippen molar-refractivity contribution >= 4 is 17.5 Å². The molecule has 1 aromatic carbocycles. The van der Waals surface area contributed by atoms with Gasteiger partial charge >= 0.3 is 0 Å². The van der Waals surface area contributed by atoms with E-state index in [1.165, 1.54) is 12.3 Å². The summed E-state index contributed by atoms with van der Waals surface area (Å²) >= 11 is 0. The van der Waals surface area contributed by atoms with E-state index in [9.17, 15) is 4.79 Å². The molecule has 0 bridgehead atoms. The first-order chi connectivity index (χ1) is 10.6. The Bertz CT molecular complexity index is 708. The lowest BCUT2D eigenvalue weighted by atomic mass is 10.2. The number of rotatable bonds is 5. The topological polar surface area (TPSA) is 90.7 Å². The van der Waals surface area contributed by atoms with Crippen molar-refractivity contribution in [1.29, 1.82) is 5.26 Å². The molecule has 0 saturated carbocycles. The molecule has 0 aliphatic heterocycles. The fraction of sp³-hybridized carbons (Fsp3) is 0.250. The molecule has 0 fully saturated rings. The number of carbonyl (C=O) groups excluding carboxylic acids is 1. The SMILES string of the molecule is CCC(C)Nc1nccc(C(=O)Nc2ccccc2C#N)n1. The van der Waals surface area contributed by atoms with Gasteiger partial charge in [-0.3, -0.25) is 4.79 Å². The molecule has 0 aliphatic carbocycles. The Morgan fingerprint density at radius 2 is 2.14 bits per heavy atom. The van der Waals surface area contributed by atoms with Gasteiger partial charge in [0.05, 0.1) is 11.3 Å². The summed E-state index contributed by atoms with van der Waals surface area (Å²) in [5, 5.41) is 14.8. The van der Waals surface area contributed by atoms with Crippen LogP contribution < -0.4 is 10.6 Å². The van der Waals surface area contributed by atoms with E-state index in [0.29, 0.717) is 17.2 Å². The minimum atomic E-state index is -0.377. The van der Waals surface area contributed by atoms with Gasteiger partial charge in [-0.2, -0.15) is 5.26 Å². The summed E-state index contributed by atoms with van der Waals surface area (Å²) in [6, 6.07) is 10.6. The molecule has 1 heterocycles. The zero-order chi connectivity index (χ0) is 15.9. The predicted octanol–water partition coefficient (Wildman–Crippen LogP) is 2.81. The van der Waals surface area contributed by atoms with Crippen molar-refractivity contribution in [3.8, 4) is 6.07 Å². The van der Waals surface area contributed by atoms with Gasteiger partial charge in [0.1, 0.15) is 11.8 Å². The van der Waals surface area contributed by atoms with Crippen molar-refractivity contribution in [1.82, 2.24) is 9.97 Å². The van der Waals surface area contributed by atoms with Crippen LogP contribution in [-0.2, 0) is 0 Å². The first kappa shape index (κ1) is 15.4. The molecule has 1 unspecified atom stereocenters. The van der Waals surface area contributed by atoms with E-state index in [-0.39, 0.29) is 17.6 Å². The summed E-state index contributed by atoms with van der Waals surface area (Å²) in [7, 11) is 0. The van der Waals surface area contributed by atoms with E-state index in [1.54, 1.807) is 24.3 Å². The summed E-state index contributed by atoms with van der Waals surface area (Å²) in [5.41, 5.74) is 1.11. The Balaban J connectivity index is 2.16. The Kier molecular flexibility index (Phi) is 5.04. The number of anilines is 2. The molecule has 2 N–H and O–H groups in total. The van der Waals surface area contributed by atoms with Gasteiger partial charge in [0.25, 0.3) is 5.91 Å². The van der Waals surface area contributed by atoms with Gasteiger partial charge < -0.3 is 10.6 Å². The summed E-state index contributed by atoms with van der Waals surface area (Å²) in [5.74, 6) is 0.0351. The van der Waals surface area contributed by atoms with Crippen molar-refractivity contribution in [2.75, 3.05) is 10.6 Å². The smallest absolute Gasteiger partial charge is 0.274 e. The van der Waals surface area contributed by atoms with Gasteiger partial charge in [-0.1, -0.05) is 19.1 Å². The second-order valence-corrected chi connectivity index (χ2v) is 4.83. The van der Waals surface area contributed by atoms with Crippen LogP contribution in [0.1, 0.15) is 36.3 Å². The zero-order valence-electron chi connectivity index (χ0n) is 12.5. The van der Waals surface area contributed by atoms with Gasteiger partial charge in [-0.25, -0.2) is 9.97 Å². The highest BCUT2D eigenvalue weighted by Crippen LogP contribution is 2.15. The standard InChI is InChI=1S/C16H17N5O/c1-3-11(2)19-16-18-9-8-14(21-16)15(22)20-13-7-5-4-6-12(13)10-17/h4-9,11H,3H2,1-2H3,(H,20,22)(H,18,19,21). The maximum absolute atomic E-state index is 12.3. The summed E-state index contributed by atoms with van der Waals surface area (Å²) in [6.07, 6.45) is 2.46. The molecular weight excluding hydrogens is 278 g/mol.